The van der Waals surface area contributed by atoms with Crippen molar-refractivity contribution in [3.63, 3.8) is 0 Å². The van der Waals surface area contributed by atoms with Crippen LogP contribution in [0.5, 0.6) is 0 Å². The van der Waals surface area contributed by atoms with E-state index in [1.807, 2.05) is 18.2 Å². The van der Waals surface area contributed by atoms with Crippen molar-refractivity contribution in [3.05, 3.63) is 41.3 Å². The highest BCUT2D eigenvalue weighted by molar-refractivity contribution is 6.31. The molecule has 1 aliphatic rings. The van der Waals surface area contributed by atoms with E-state index in [0.29, 0.717) is 5.92 Å². The zero-order valence-electron chi connectivity index (χ0n) is 8.04. The number of aliphatic hydroxyl groups excluding tert-OH is 1. The Kier molecular flexibility index (Phi) is 2.80. The van der Waals surface area contributed by atoms with Gasteiger partial charge in [-0.15, -0.1) is 0 Å². The van der Waals surface area contributed by atoms with Crippen molar-refractivity contribution in [3.8, 4) is 0 Å². The maximum absolute atomic E-state index is 9.10. The number of rotatable bonds is 3. The largest absolute Gasteiger partial charge is 0.396 e. The van der Waals surface area contributed by atoms with Crippen LogP contribution >= 0.6 is 11.6 Å². The molecule has 0 saturated heterocycles. The lowest BCUT2D eigenvalue weighted by Gasteiger charge is -2.15. The van der Waals surface area contributed by atoms with Gasteiger partial charge in [-0.3, -0.25) is 0 Å². The topological polar surface area (TPSA) is 20.2 Å². The maximum atomic E-state index is 9.10. The summed E-state index contributed by atoms with van der Waals surface area (Å²) in [5.41, 5.74) is 2.32. The second kappa shape index (κ2) is 3.92. The monoisotopic (exact) mass is 209 g/mol. The lowest BCUT2D eigenvalue weighted by atomic mass is 9.94. The third kappa shape index (κ3) is 1.79. The molecule has 0 spiro atoms. The van der Waals surface area contributed by atoms with Gasteiger partial charge in [-0.05, 0) is 42.9 Å². The predicted molar refractivity (Wildman–Crippen MR) is 58.6 cm³/mol. The Balaban J connectivity index is 2.41. The Labute approximate surface area is 89.7 Å². The molecule has 0 aliphatic heterocycles. The molecule has 0 amide bonds. The molecule has 1 unspecified atom stereocenters. The molecule has 1 saturated carbocycles. The third-order valence-corrected chi connectivity index (χ3v) is 3.06. The van der Waals surface area contributed by atoms with Gasteiger partial charge < -0.3 is 5.11 Å². The minimum atomic E-state index is -0.0516. The second-order valence-electron chi connectivity index (χ2n) is 3.90. The van der Waals surface area contributed by atoms with Gasteiger partial charge in [-0.25, -0.2) is 0 Å². The molecule has 1 aromatic rings. The van der Waals surface area contributed by atoms with Gasteiger partial charge in [0.1, 0.15) is 0 Å². The van der Waals surface area contributed by atoms with Crippen LogP contribution in [0.4, 0.5) is 0 Å². The maximum Gasteiger partial charge on any atom is 0.0499 e. The van der Waals surface area contributed by atoms with Gasteiger partial charge in [-0.1, -0.05) is 23.7 Å². The molecule has 1 aromatic carbocycles. The number of halogens is 1. The van der Waals surface area contributed by atoms with E-state index in [2.05, 4.69) is 6.92 Å². The minimum Gasteiger partial charge on any atom is -0.396 e. The predicted octanol–water partition coefficient (Wildman–Crippen LogP) is 3.13. The molecule has 0 heterocycles. The van der Waals surface area contributed by atoms with Crippen LogP contribution < -0.4 is 0 Å². The highest BCUT2D eigenvalue weighted by atomic mass is 35.5. The summed E-state index contributed by atoms with van der Waals surface area (Å²) in [5, 5.41) is 9.93. The Hall–Kier alpha value is -0.530. The van der Waals surface area contributed by atoms with Crippen LogP contribution in [0.15, 0.2) is 18.2 Å². The normalized spacial score (nSPS) is 18.2. The number of benzene rings is 1. The molecular weight excluding hydrogens is 196 g/mol. The summed E-state index contributed by atoms with van der Waals surface area (Å²) in [6, 6.07) is 5.87. The van der Waals surface area contributed by atoms with E-state index in [4.69, 9.17) is 16.7 Å². The molecule has 2 heteroatoms. The SMILES string of the molecule is [CH2]C(CO)c1cccc(Cl)c1C1CC1. The van der Waals surface area contributed by atoms with E-state index in [9.17, 15) is 0 Å². The lowest BCUT2D eigenvalue weighted by Crippen LogP contribution is -2.03. The van der Waals surface area contributed by atoms with Crippen molar-refractivity contribution >= 4 is 11.6 Å². The lowest BCUT2D eigenvalue weighted by molar-refractivity contribution is 0.282. The van der Waals surface area contributed by atoms with E-state index >= 15 is 0 Å². The van der Waals surface area contributed by atoms with Crippen molar-refractivity contribution in [2.45, 2.75) is 24.7 Å². The molecular formula is C12H14ClO. The average molecular weight is 210 g/mol. The third-order valence-electron chi connectivity index (χ3n) is 2.73. The minimum absolute atomic E-state index is 0.0516. The number of hydrogen-bond acceptors (Lipinski definition) is 1. The van der Waals surface area contributed by atoms with Crippen LogP contribution in [-0.2, 0) is 0 Å². The van der Waals surface area contributed by atoms with Crippen molar-refractivity contribution in [2.24, 2.45) is 0 Å². The summed E-state index contributed by atoms with van der Waals surface area (Å²) in [4.78, 5) is 0. The van der Waals surface area contributed by atoms with E-state index in [1.165, 1.54) is 18.4 Å². The van der Waals surface area contributed by atoms with E-state index in [0.717, 1.165) is 10.6 Å². The van der Waals surface area contributed by atoms with Gasteiger partial charge in [0.05, 0.1) is 0 Å². The summed E-state index contributed by atoms with van der Waals surface area (Å²) >= 11 is 6.16. The standard InChI is InChI=1S/C12H14ClO/c1-8(7-14)10-3-2-4-11(13)12(10)9-5-6-9/h2-4,8-9,14H,1,5-7H2. The van der Waals surface area contributed by atoms with Gasteiger partial charge >= 0.3 is 0 Å². The average Bonchev–Trinajstić information content (AvgIpc) is 3.00. The number of aliphatic hydroxyl groups is 1. The smallest absolute Gasteiger partial charge is 0.0499 e. The Bertz CT molecular complexity index is 331. The van der Waals surface area contributed by atoms with Gasteiger partial charge in [0.15, 0.2) is 0 Å². The summed E-state index contributed by atoms with van der Waals surface area (Å²) in [7, 11) is 0. The van der Waals surface area contributed by atoms with Crippen LogP contribution in [0.3, 0.4) is 0 Å². The summed E-state index contributed by atoms with van der Waals surface area (Å²) in [5.74, 6) is 0.554. The molecule has 0 aromatic heterocycles. The van der Waals surface area contributed by atoms with Crippen LogP contribution in [0.1, 0.15) is 35.8 Å². The molecule has 1 fully saturated rings. The van der Waals surface area contributed by atoms with Crippen LogP contribution in [-0.4, -0.2) is 11.7 Å². The van der Waals surface area contributed by atoms with E-state index in [-0.39, 0.29) is 12.5 Å². The molecule has 0 bridgehead atoms. The first kappa shape index (κ1) is 10.0. The zero-order chi connectivity index (χ0) is 10.1. The molecule has 2 rings (SSSR count). The first-order valence-electron chi connectivity index (χ1n) is 4.96. The molecule has 1 N–H and O–H groups in total. The van der Waals surface area contributed by atoms with E-state index < -0.39 is 0 Å². The molecule has 75 valence electrons. The van der Waals surface area contributed by atoms with Crippen molar-refractivity contribution in [1.29, 1.82) is 0 Å². The van der Waals surface area contributed by atoms with Gasteiger partial charge in [-0.2, -0.15) is 0 Å². The summed E-state index contributed by atoms with van der Waals surface area (Å²) < 4.78 is 0. The highest BCUT2D eigenvalue weighted by Crippen LogP contribution is 2.46. The molecule has 14 heavy (non-hydrogen) atoms. The first-order valence-corrected chi connectivity index (χ1v) is 5.34. The fourth-order valence-electron chi connectivity index (χ4n) is 1.81. The Morgan fingerprint density at radius 1 is 1.50 bits per heavy atom. The van der Waals surface area contributed by atoms with Crippen LogP contribution in [0.25, 0.3) is 0 Å². The van der Waals surface area contributed by atoms with Crippen molar-refractivity contribution < 1.29 is 5.11 Å². The Morgan fingerprint density at radius 2 is 2.21 bits per heavy atom. The van der Waals surface area contributed by atoms with Gasteiger partial charge in [0.25, 0.3) is 0 Å². The fourth-order valence-corrected chi connectivity index (χ4v) is 2.15. The van der Waals surface area contributed by atoms with Crippen LogP contribution in [0, 0.1) is 6.92 Å². The van der Waals surface area contributed by atoms with Crippen molar-refractivity contribution in [1.82, 2.24) is 0 Å². The molecule has 1 radical (unpaired) electrons. The molecule has 1 nitrogen and oxygen atoms in total. The van der Waals surface area contributed by atoms with E-state index in [1.54, 1.807) is 0 Å². The first-order chi connectivity index (χ1) is 6.74. The second-order valence-corrected chi connectivity index (χ2v) is 4.30. The zero-order valence-corrected chi connectivity index (χ0v) is 8.80. The van der Waals surface area contributed by atoms with Crippen LogP contribution in [0.2, 0.25) is 5.02 Å². The molecule has 1 atom stereocenters. The molecule has 1 aliphatic carbocycles. The van der Waals surface area contributed by atoms with Gasteiger partial charge in [0.2, 0.25) is 0 Å². The summed E-state index contributed by atoms with van der Waals surface area (Å²) in [6.07, 6.45) is 2.43. The highest BCUT2D eigenvalue weighted by Gasteiger charge is 2.29. The Morgan fingerprint density at radius 3 is 2.79 bits per heavy atom. The summed E-state index contributed by atoms with van der Waals surface area (Å²) in [6.45, 7) is 4.01. The van der Waals surface area contributed by atoms with Crippen molar-refractivity contribution in [2.75, 3.05) is 6.61 Å². The quantitative estimate of drug-likeness (QED) is 0.811. The fraction of sp³-hybridized carbons (Fsp3) is 0.417. The van der Waals surface area contributed by atoms with Gasteiger partial charge in [0, 0.05) is 17.5 Å². The number of hydrogen-bond donors (Lipinski definition) is 1.